The Labute approximate surface area is 200 Å². The number of rotatable bonds is 7. The normalized spacial score (nSPS) is 10.6. The fraction of sp³-hybridized carbons (Fsp3) is 0.192. The Hall–Kier alpha value is -4.71. The maximum absolute atomic E-state index is 13.3. The van der Waals surface area contributed by atoms with Crippen molar-refractivity contribution in [3.8, 4) is 34.6 Å². The molecule has 0 bridgehead atoms. The first-order valence-electron chi connectivity index (χ1n) is 10.6. The summed E-state index contributed by atoms with van der Waals surface area (Å²) < 4.78 is 27.8. The van der Waals surface area contributed by atoms with Crippen molar-refractivity contribution in [1.29, 1.82) is 5.26 Å². The molecule has 1 N–H and O–H groups in total. The Balaban J connectivity index is 1.71. The molecule has 2 aromatic heterocycles. The Kier molecular flexibility index (Phi) is 6.46. The number of carbonyl (C=O) groups is 1. The monoisotopic (exact) mass is 474 g/mol. The van der Waals surface area contributed by atoms with Crippen LogP contribution in [0.4, 0.5) is 5.88 Å². The van der Waals surface area contributed by atoms with Gasteiger partial charge >= 0.3 is 0 Å². The van der Waals surface area contributed by atoms with Gasteiger partial charge in [-0.25, -0.2) is 0 Å². The molecule has 9 heteroatoms. The number of amides is 1. The molecule has 4 aromatic rings. The van der Waals surface area contributed by atoms with E-state index in [0.29, 0.717) is 39.4 Å². The SMILES string of the molecule is COc1ccc(-c2oc3ccccc3c(=O)c2OCC(=O)Nc2oc(C)c(C)c2C#N)cc1OC. The van der Waals surface area contributed by atoms with Gasteiger partial charge in [-0.15, -0.1) is 0 Å². The lowest BCUT2D eigenvalue weighted by Crippen LogP contribution is -2.22. The number of methoxy groups -OCH3 is 2. The number of benzene rings is 2. The van der Waals surface area contributed by atoms with Crippen molar-refractivity contribution in [2.24, 2.45) is 0 Å². The minimum Gasteiger partial charge on any atom is -0.493 e. The highest BCUT2D eigenvalue weighted by molar-refractivity contribution is 5.92. The van der Waals surface area contributed by atoms with Crippen molar-refractivity contribution in [3.05, 3.63) is 69.6 Å². The zero-order chi connectivity index (χ0) is 25.1. The third-order valence-corrected chi connectivity index (χ3v) is 5.50. The van der Waals surface area contributed by atoms with E-state index in [-0.39, 0.29) is 23.0 Å². The zero-order valence-corrected chi connectivity index (χ0v) is 19.6. The van der Waals surface area contributed by atoms with E-state index in [2.05, 4.69) is 5.32 Å². The summed E-state index contributed by atoms with van der Waals surface area (Å²) in [6, 6.07) is 13.7. The number of hydrogen-bond acceptors (Lipinski definition) is 8. The number of fused-ring (bicyclic) bond motifs is 1. The lowest BCUT2D eigenvalue weighted by atomic mass is 10.1. The van der Waals surface area contributed by atoms with Crippen LogP contribution in [0.5, 0.6) is 17.2 Å². The van der Waals surface area contributed by atoms with Gasteiger partial charge in [0.25, 0.3) is 5.91 Å². The summed E-state index contributed by atoms with van der Waals surface area (Å²) in [5.41, 5.74) is 1.28. The van der Waals surface area contributed by atoms with Crippen molar-refractivity contribution >= 4 is 22.8 Å². The smallest absolute Gasteiger partial charge is 0.264 e. The molecule has 1 amide bonds. The maximum atomic E-state index is 13.3. The van der Waals surface area contributed by atoms with E-state index in [4.69, 9.17) is 23.0 Å². The van der Waals surface area contributed by atoms with E-state index < -0.39 is 17.9 Å². The number of nitriles is 1. The largest absolute Gasteiger partial charge is 0.493 e. The Bertz CT molecular complexity index is 1530. The van der Waals surface area contributed by atoms with Gasteiger partial charge in [0.1, 0.15) is 23.0 Å². The number of para-hydroxylation sites is 1. The molecule has 0 unspecified atom stereocenters. The van der Waals surface area contributed by atoms with Gasteiger partial charge in [0.05, 0.1) is 19.6 Å². The quantitative estimate of drug-likeness (QED) is 0.413. The zero-order valence-electron chi connectivity index (χ0n) is 19.6. The molecule has 9 nitrogen and oxygen atoms in total. The van der Waals surface area contributed by atoms with Gasteiger partial charge in [-0.3, -0.25) is 14.9 Å². The van der Waals surface area contributed by atoms with Gasteiger partial charge < -0.3 is 23.0 Å². The average Bonchev–Trinajstić information content (AvgIpc) is 3.14. The fourth-order valence-electron chi connectivity index (χ4n) is 3.57. The predicted octanol–water partition coefficient (Wildman–Crippen LogP) is 4.58. The molecular formula is C26H22N2O7. The van der Waals surface area contributed by atoms with Crippen molar-refractivity contribution in [1.82, 2.24) is 0 Å². The van der Waals surface area contributed by atoms with E-state index in [1.807, 2.05) is 6.07 Å². The van der Waals surface area contributed by atoms with E-state index in [1.54, 1.807) is 56.3 Å². The van der Waals surface area contributed by atoms with Gasteiger partial charge in [0.15, 0.2) is 23.9 Å². The number of nitrogens with one attached hydrogen (secondary N) is 1. The molecule has 4 rings (SSSR count). The Morgan fingerprint density at radius 3 is 2.51 bits per heavy atom. The van der Waals surface area contributed by atoms with Crippen molar-refractivity contribution in [3.63, 3.8) is 0 Å². The number of hydrogen-bond donors (Lipinski definition) is 1. The summed E-state index contributed by atoms with van der Waals surface area (Å²) in [6.45, 7) is 2.89. The molecule has 0 radical (unpaired) electrons. The molecule has 35 heavy (non-hydrogen) atoms. The van der Waals surface area contributed by atoms with Gasteiger partial charge in [-0.2, -0.15) is 5.26 Å². The molecule has 0 saturated heterocycles. The first-order valence-corrected chi connectivity index (χ1v) is 10.6. The summed E-state index contributed by atoms with van der Waals surface area (Å²) in [7, 11) is 3.01. The van der Waals surface area contributed by atoms with Crippen molar-refractivity contribution in [2.45, 2.75) is 13.8 Å². The molecule has 0 spiro atoms. The summed E-state index contributed by atoms with van der Waals surface area (Å²) in [4.78, 5) is 25.9. The molecule has 0 fully saturated rings. The van der Waals surface area contributed by atoms with Crippen LogP contribution in [0.2, 0.25) is 0 Å². The molecule has 0 aliphatic heterocycles. The highest BCUT2D eigenvalue weighted by atomic mass is 16.5. The third-order valence-electron chi connectivity index (χ3n) is 5.50. The van der Waals surface area contributed by atoms with Crippen LogP contribution >= 0.6 is 0 Å². The van der Waals surface area contributed by atoms with Gasteiger partial charge in [-0.1, -0.05) is 12.1 Å². The molecular weight excluding hydrogens is 452 g/mol. The Morgan fingerprint density at radius 2 is 1.80 bits per heavy atom. The van der Waals surface area contributed by atoms with Gasteiger partial charge in [-0.05, 0) is 44.2 Å². The topological polar surface area (TPSA) is 124 Å². The molecule has 0 aliphatic rings. The second-order valence-electron chi connectivity index (χ2n) is 7.59. The van der Waals surface area contributed by atoms with Crippen LogP contribution in [0.25, 0.3) is 22.3 Å². The van der Waals surface area contributed by atoms with E-state index >= 15 is 0 Å². The van der Waals surface area contributed by atoms with Crippen LogP contribution in [0.3, 0.4) is 0 Å². The molecule has 0 saturated carbocycles. The number of ether oxygens (including phenoxy) is 3. The van der Waals surface area contributed by atoms with Crippen LogP contribution in [0, 0.1) is 25.2 Å². The predicted molar refractivity (Wildman–Crippen MR) is 128 cm³/mol. The van der Waals surface area contributed by atoms with Gasteiger partial charge in [0.2, 0.25) is 17.1 Å². The summed E-state index contributed by atoms with van der Waals surface area (Å²) in [6.07, 6.45) is 0. The maximum Gasteiger partial charge on any atom is 0.264 e. The number of aryl methyl sites for hydroxylation is 1. The summed E-state index contributed by atoms with van der Waals surface area (Å²) in [5.74, 6) is 0.852. The summed E-state index contributed by atoms with van der Waals surface area (Å²) in [5, 5.41) is 12.2. The molecule has 0 atom stereocenters. The van der Waals surface area contributed by atoms with E-state index in [9.17, 15) is 14.9 Å². The minimum absolute atomic E-state index is 0.0294. The standard InChI is InChI=1S/C26H22N2O7/c1-14-15(2)34-26(18(14)12-27)28-22(29)13-33-25-23(30)17-7-5-6-8-19(17)35-24(25)16-9-10-20(31-3)21(11-16)32-4/h5-11H,13H2,1-4H3,(H,28,29). The third kappa shape index (κ3) is 4.42. The number of anilines is 1. The second kappa shape index (κ2) is 9.65. The summed E-state index contributed by atoms with van der Waals surface area (Å²) >= 11 is 0. The van der Waals surface area contributed by atoms with Crippen LogP contribution in [-0.2, 0) is 4.79 Å². The molecule has 2 heterocycles. The fourth-order valence-corrected chi connectivity index (χ4v) is 3.57. The van der Waals surface area contributed by atoms with Crippen LogP contribution in [0.15, 0.2) is 56.1 Å². The van der Waals surface area contributed by atoms with Crippen LogP contribution in [0.1, 0.15) is 16.9 Å². The van der Waals surface area contributed by atoms with Crippen LogP contribution in [-0.4, -0.2) is 26.7 Å². The first kappa shape index (κ1) is 23.4. The minimum atomic E-state index is -0.610. The number of nitrogens with zero attached hydrogens (tertiary/aromatic N) is 1. The number of carbonyl (C=O) groups excluding carboxylic acids is 1. The van der Waals surface area contributed by atoms with Crippen LogP contribution < -0.4 is 25.0 Å². The lowest BCUT2D eigenvalue weighted by molar-refractivity contribution is -0.118. The highest BCUT2D eigenvalue weighted by Crippen LogP contribution is 2.36. The number of furan rings is 1. The molecule has 2 aromatic carbocycles. The van der Waals surface area contributed by atoms with Crippen molar-refractivity contribution in [2.75, 3.05) is 26.1 Å². The van der Waals surface area contributed by atoms with Gasteiger partial charge in [0, 0.05) is 11.1 Å². The van der Waals surface area contributed by atoms with Crippen molar-refractivity contribution < 1.29 is 27.8 Å². The second-order valence-corrected chi connectivity index (χ2v) is 7.59. The first-order chi connectivity index (χ1) is 16.9. The Morgan fingerprint density at radius 1 is 1.06 bits per heavy atom. The van der Waals surface area contributed by atoms with E-state index in [1.165, 1.54) is 14.2 Å². The lowest BCUT2D eigenvalue weighted by Gasteiger charge is -2.13. The van der Waals surface area contributed by atoms with E-state index in [0.717, 1.165) is 0 Å². The highest BCUT2D eigenvalue weighted by Gasteiger charge is 2.21. The molecule has 178 valence electrons. The molecule has 0 aliphatic carbocycles. The average molecular weight is 474 g/mol.